The number of aromatic nitrogens is 4. The number of pyridine rings is 1. The number of anilines is 2. The molecule has 0 aliphatic carbocycles. The second kappa shape index (κ2) is 8.01. The van der Waals surface area contributed by atoms with Gasteiger partial charge in [-0.05, 0) is 36.4 Å². The molecule has 0 saturated carbocycles. The van der Waals surface area contributed by atoms with Gasteiger partial charge in [-0.15, -0.1) is 10.2 Å². The van der Waals surface area contributed by atoms with Gasteiger partial charge in [0.05, 0.1) is 5.75 Å². The second-order valence-corrected chi connectivity index (χ2v) is 6.82. The molecule has 0 aliphatic rings. The number of hydrogen-bond donors (Lipinski definition) is 1. The van der Waals surface area contributed by atoms with Gasteiger partial charge in [-0.25, -0.2) is 0 Å². The van der Waals surface area contributed by atoms with Gasteiger partial charge in [-0.1, -0.05) is 11.8 Å². The first-order valence-electron chi connectivity index (χ1n) is 8.04. The largest absolute Gasteiger partial charge is 0.378 e. The minimum absolute atomic E-state index is 0.0823. The number of thioether (sulfide) groups is 1. The van der Waals surface area contributed by atoms with Crippen molar-refractivity contribution >= 4 is 29.0 Å². The molecule has 1 N–H and O–H groups in total. The van der Waals surface area contributed by atoms with Crippen LogP contribution in [0.25, 0.3) is 11.4 Å². The maximum absolute atomic E-state index is 12.2. The Morgan fingerprint density at radius 1 is 1.12 bits per heavy atom. The van der Waals surface area contributed by atoms with Crippen molar-refractivity contribution in [1.82, 2.24) is 19.7 Å². The molecule has 0 aliphatic heterocycles. The lowest BCUT2D eigenvalue weighted by molar-refractivity contribution is -0.113. The lowest BCUT2D eigenvalue weighted by Gasteiger charge is -2.13. The molecule has 0 saturated heterocycles. The van der Waals surface area contributed by atoms with Crippen LogP contribution in [-0.4, -0.2) is 45.5 Å². The van der Waals surface area contributed by atoms with Crippen molar-refractivity contribution < 1.29 is 4.79 Å². The van der Waals surface area contributed by atoms with E-state index in [9.17, 15) is 4.79 Å². The predicted molar refractivity (Wildman–Crippen MR) is 104 cm³/mol. The first-order valence-corrected chi connectivity index (χ1v) is 9.03. The van der Waals surface area contributed by atoms with Crippen LogP contribution in [0.3, 0.4) is 0 Å². The Balaban J connectivity index is 1.59. The highest BCUT2D eigenvalue weighted by Gasteiger charge is 2.13. The first kappa shape index (κ1) is 17.9. The number of nitrogens with one attached hydrogen (secondary N) is 1. The molecule has 8 heteroatoms. The summed E-state index contributed by atoms with van der Waals surface area (Å²) in [5.74, 6) is 0.924. The molecule has 3 rings (SSSR count). The molecule has 3 aromatic rings. The maximum atomic E-state index is 12.2. The van der Waals surface area contributed by atoms with Crippen LogP contribution in [0.2, 0.25) is 0 Å². The van der Waals surface area contributed by atoms with Crippen LogP contribution in [0.5, 0.6) is 0 Å². The minimum atomic E-state index is -0.0823. The Morgan fingerprint density at radius 2 is 1.81 bits per heavy atom. The molecular formula is C18H20N6OS. The van der Waals surface area contributed by atoms with Gasteiger partial charge in [0, 0.05) is 50.5 Å². The normalized spacial score (nSPS) is 10.6. The van der Waals surface area contributed by atoms with Crippen molar-refractivity contribution in [2.45, 2.75) is 5.16 Å². The number of rotatable bonds is 6. The smallest absolute Gasteiger partial charge is 0.234 e. The quantitative estimate of drug-likeness (QED) is 0.674. The molecule has 2 aromatic heterocycles. The van der Waals surface area contributed by atoms with E-state index in [1.54, 1.807) is 12.4 Å². The van der Waals surface area contributed by atoms with Gasteiger partial charge < -0.3 is 14.8 Å². The van der Waals surface area contributed by atoms with Gasteiger partial charge >= 0.3 is 0 Å². The summed E-state index contributed by atoms with van der Waals surface area (Å²) in [5, 5.41) is 12.0. The summed E-state index contributed by atoms with van der Waals surface area (Å²) in [7, 11) is 5.84. The van der Waals surface area contributed by atoms with Crippen LogP contribution < -0.4 is 10.2 Å². The van der Waals surface area contributed by atoms with Crippen molar-refractivity contribution in [3.63, 3.8) is 0 Å². The molecule has 0 bridgehead atoms. The van der Waals surface area contributed by atoms with Gasteiger partial charge in [-0.3, -0.25) is 9.78 Å². The summed E-state index contributed by atoms with van der Waals surface area (Å²) in [6.07, 6.45) is 3.43. The van der Waals surface area contributed by atoms with Crippen molar-refractivity contribution in [1.29, 1.82) is 0 Å². The third-order valence-corrected chi connectivity index (χ3v) is 4.79. The summed E-state index contributed by atoms with van der Waals surface area (Å²) in [4.78, 5) is 18.2. The summed E-state index contributed by atoms with van der Waals surface area (Å²) < 4.78 is 1.87. The van der Waals surface area contributed by atoms with E-state index >= 15 is 0 Å². The number of carbonyl (C=O) groups excluding carboxylic acids is 1. The van der Waals surface area contributed by atoms with Gasteiger partial charge in [0.2, 0.25) is 5.91 Å². The number of nitrogens with zero attached hydrogens (tertiary/aromatic N) is 5. The highest BCUT2D eigenvalue weighted by Crippen LogP contribution is 2.22. The van der Waals surface area contributed by atoms with Crippen molar-refractivity contribution in [2.24, 2.45) is 7.05 Å². The highest BCUT2D eigenvalue weighted by molar-refractivity contribution is 7.99. The number of benzene rings is 1. The van der Waals surface area contributed by atoms with Crippen molar-refractivity contribution in [2.75, 3.05) is 30.1 Å². The zero-order chi connectivity index (χ0) is 18.5. The lowest BCUT2D eigenvalue weighted by atomic mass is 10.2. The number of carbonyl (C=O) groups is 1. The Hall–Kier alpha value is -2.87. The highest BCUT2D eigenvalue weighted by atomic mass is 32.2. The monoisotopic (exact) mass is 368 g/mol. The fourth-order valence-electron chi connectivity index (χ4n) is 2.36. The van der Waals surface area contributed by atoms with Crippen LogP contribution in [0.4, 0.5) is 11.4 Å². The lowest BCUT2D eigenvalue weighted by Crippen LogP contribution is -2.15. The predicted octanol–water partition coefficient (Wildman–Crippen LogP) is 2.67. The van der Waals surface area contributed by atoms with E-state index in [1.807, 2.05) is 67.0 Å². The van der Waals surface area contributed by atoms with Crippen LogP contribution in [0.15, 0.2) is 53.9 Å². The van der Waals surface area contributed by atoms with Gasteiger partial charge in [-0.2, -0.15) is 0 Å². The molecule has 2 heterocycles. The average molecular weight is 368 g/mol. The number of hydrogen-bond acceptors (Lipinski definition) is 6. The first-order chi connectivity index (χ1) is 12.5. The standard InChI is InChI=1S/C18H20N6OS/c1-23(2)15-6-4-14(5-7-15)20-16(25)12-26-18-22-21-17(24(18)3)13-8-10-19-11-9-13/h4-11H,12H2,1-3H3,(H,20,25). The second-order valence-electron chi connectivity index (χ2n) is 5.88. The van der Waals surface area contributed by atoms with Crippen LogP contribution in [0, 0.1) is 0 Å². The molecule has 0 fully saturated rings. The molecule has 0 unspecified atom stereocenters. The van der Waals surface area contributed by atoms with E-state index < -0.39 is 0 Å². The SMILES string of the molecule is CN(C)c1ccc(NC(=O)CSc2nnc(-c3ccncc3)n2C)cc1. The van der Waals surface area contributed by atoms with Gasteiger partial charge in [0.15, 0.2) is 11.0 Å². The minimum Gasteiger partial charge on any atom is -0.378 e. The van der Waals surface area contributed by atoms with Crippen LogP contribution in [-0.2, 0) is 11.8 Å². The Morgan fingerprint density at radius 3 is 2.46 bits per heavy atom. The van der Waals surface area contributed by atoms with Gasteiger partial charge in [0.25, 0.3) is 0 Å². The Bertz CT molecular complexity index is 876. The van der Waals surface area contributed by atoms with E-state index in [0.717, 1.165) is 22.8 Å². The molecule has 26 heavy (non-hydrogen) atoms. The number of amides is 1. The van der Waals surface area contributed by atoms with E-state index in [4.69, 9.17) is 0 Å². The Labute approximate surface area is 156 Å². The summed E-state index contributed by atoms with van der Waals surface area (Å²) in [5.41, 5.74) is 2.80. The van der Waals surface area contributed by atoms with Crippen molar-refractivity contribution in [3.05, 3.63) is 48.8 Å². The van der Waals surface area contributed by atoms with E-state index in [-0.39, 0.29) is 11.7 Å². The van der Waals surface area contributed by atoms with Crippen LogP contribution >= 0.6 is 11.8 Å². The molecule has 1 amide bonds. The third kappa shape index (κ3) is 4.20. The molecule has 0 radical (unpaired) electrons. The van der Waals surface area contributed by atoms with Crippen LogP contribution in [0.1, 0.15) is 0 Å². The molecular weight excluding hydrogens is 348 g/mol. The summed E-state index contributed by atoms with van der Waals surface area (Å²) in [6, 6.07) is 11.5. The zero-order valence-corrected chi connectivity index (χ0v) is 15.7. The molecule has 7 nitrogen and oxygen atoms in total. The molecule has 0 spiro atoms. The average Bonchev–Trinajstić information content (AvgIpc) is 3.02. The van der Waals surface area contributed by atoms with E-state index in [2.05, 4.69) is 20.5 Å². The van der Waals surface area contributed by atoms with E-state index in [1.165, 1.54) is 11.8 Å². The van der Waals surface area contributed by atoms with E-state index in [0.29, 0.717) is 5.16 Å². The maximum Gasteiger partial charge on any atom is 0.234 e. The molecule has 0 atom stereocenters. The van der Waals surface area contributed by atoms with Crippen molar-refractivity contribution in [3.8, 4) is 11.4 Å². The topological polar surface area (TPSA) is 75.9 Å². The van der Waals surface area contributed by atoms with Gasteiger partial charge in [0.1, 0.15) is 0 Å². The fourth-order valence-corrected chi connectivity index (χ4v) is 3.07. The third-order valence-electron chi connectivity index (χ3n) is 3.77. The zero-order valence-electron chi connectivity index (χ0n) is 14.9. The molecule has 1 aromatic carbocycles. The Kier molecular flexibility index (Phi) is 5.52. The summed E-state index contributed by atoms with van der Waals surface area (Å²) in [6.45, 7) is 0. The fraction of sp³-hybridized carbons (Fsp3) is 0.222. The summed E-state index contributed by atoms with van der Waals surface area (Å²) >= 11 is 1.35. The molecule has 134 valence electrons.